The molecule has 1 saturated heterocycles. The number of methoxy groups -OCH3 is 1. The average Bonchev–Trinajstić information content (AvgIpc) is 3.13. The van der Waals surface area contributed by atoms with Crippen LogP contribution in [0.15, 0.2) is 54.9 Å². The van der Waals surface area contributed by atoms with Crippen LogP contribution in [0.3, 0.4) is 0 Å². The third-order valence-electron chi connectivity index (χ3n) is 4.46. The van der Waals surface area contributed by atoms with E-state index in [2.05, 4.69) is 35.1 Å². The highest BCUT2D eigenvalue weighted by Crippen LogP contribution is 2.32. The van der Waals surface area contributed by atoms with E-state index >= 15 is 0 Å². The third kappa shape index (κ3) is 6.21. The average molecular weight is 384 g/mol. The number of aliphatic carboxylic acids is 2. The van der Waals surface area contributed by atoms with Crippen LogP contribution in [0.5, 0.6) is 5.75 Å². The summed E-state index contributed by atoms with van der Waals surface area (Å²) in [4.78, 5) is 25.9. The molecule has 148 valence electrons. The number of hydrogen-bond acceptors (Lipinski definition) is 5. The molecule has 28 heavy (non-hydrogen) atoms. The van der Waals surface area contributed by atoms with E-state index in [1.165, 1.54) is 36.1 Å². The van der Waals surface area contributed by atoms with Gasteiger partial charge in [-0.3, -0.25) is 9.88 Å². The van der Waals surface area contributed by atoms with Crippen LogP contribution in [0.4, 0.5) is 0 Å². The number of carboxylic acids is 2. The van der Waals surface area contributed by atoms with E-state index in [0.29, 0.717) is 18.2 Å². The zero-order chi connectivity index (χ0) is 20.5. The molecule has 0 spiro atoms. The van der Waals surface area contributed by atoms with Crippen LogP contribution in [-0.2, 0) is 9.59 Å². The van der Waals surface area contributed by atoms with Crippen molar-refractivity contribution in [3.63, 3.8) is 0 Å². The van der Waals surface area contributed by atoms with Gasteiger partial charge in [0.25, 0.3) is 0 Å². The van der Waals surface area contributed by atoms with Crippen molar-refractivity contribution in [2.75, 3.05) is 20.7 Å². The lowest BCUT2D eigenvalue weighted by Crippen LogP contribution is -2.17. The Morgan fingerprint density at radius 3 is 2.25 bits per heavy atom. The molecular weight excluding hydrogens is 360 g/mol. The Morgan fingerprint density at radius 1 is 1.11 bits per heavy atom. The first-order valence-corrected chi connectivity index (χ1v) is 8.84. The maximum atomic E-state index is 9.55. The van der Waals surface area contributed by atoms with E-state index in [1.54, 1.807) is 7.11 Å². The lowest BCUT2D eigenvalue weighted by Gasteiger charge is -2.20. The number of aromatic nitrogens is 1. The van der Waals surface area contributed by atoms with Crippen molar-refractivity contribution in [2.45, 2.75) is 18.9 Å². The summed E-state index contributed by atoms with van der Waals surface area (Å²) in [7, 11) is 3.88. The highest BCUT2D eigenvalue weighted by atomic mass is 16.5. The minimum absolute atomic E-state index is 0.515. The van der Waals surface area contributed by atoms with Crippen LogP contribution in [0, 0.1) is 0 Å². The van der Waals surface area contributed by atoms with Gasteiger partial charge in [-0.15, -0.1) is 0 Å². The number of nitrogens with zero attached hydrogens (tertiary/aromatic N) is 2. The van der Waals surface area contributed by atoms with E-state index in [0.717, 1.165) is 5.75 Å². The summed E-state index contributed by atoms with van der Waals surface area (Å²) in [5, 5.41) is 15.6. The van der Waals surface area contributed by atoms with Gasteiger partial charge in [0.2, 0.25) is 0 Å². The van der Waals surface area contributed by atoms with Crippen molar-refractivity contribution in [1.82, 2.24) is 9.88 Å². The molecule has 7 nitrogen and oxygen atoms in total. The number of carbonyl (C=O) groups is 2. The number of pyridine rings is 1. The Labute approximate surface area is 163 Å². The third-order valence-corrected chi connectivity index (χ3v) is 4.46. The van der Waals surface area contributed by atoms with Gasteiger partial charge in [0.15, 0.2) is 0 Å². The van der Waals surface area contributed by atoms with Crippen LogP contribution in [0.25, 0.3) is 11.1 Å². The van der Waals surface area contributed by atoms with E-state index < -0.39 is 11.9 Å². The normalized spacial score (nSPS) is 16.4. The Hall–Kier alpha value is -3.19. The van der Waals surface area contributed by atoms with Crippen molar-refractivity contribution in [3.05, 3.63) is 60.4 Å². The monoisotopic (exact) mass is 384 g/mol. The molecule has 1 aromatic carbocycles. The topological polar surface area (TPSA) is 100.0 Å². The maximum Gasteiger partial charge on any atom is 0.328 e. The number of carboxylic acid groups (broad SMARTS) is 2. The summed E-state index contributed by atoms with van der Waals surface area (Å²) in [6.07, 6.45) is 7.54. The smallest absolute Gasteiger partial charge is 0.328 e. The minimum Gasteiger partial charge on any atom is -0.497 e. The Balaban J connectivity index is 0.000000300. The first-order chi connectivity index (χ1) is 13.4. The van der Waals surface area contributed by atoms with Gasteiger partial charge >= 0.3 is 11.9 Å². The highest BCUT2D eigenvalue weighted by molar-refractivity contribution is 5.89. The number of hydrogen-bond donors (Lipinski definition) is 2. The van der Waals surface area contributed by atoms with Gasteiger partial charge in [-0.1, -0.05) is 12.1 Å². The van der Waals surface area contributed by atoms with Gasteiger partial charge in [-0.05, 0) is 55.8 Å². The van der Waals surface area contributed by atoms with Crippen molar-refractivity contribution >= 4 is 11.9 Å². The molecule has 1 atom stereocenters. The Bertz CT molecular complexity index is 817. The van der Waals surface area contributed by atoms with Gasteiger partial charge in [0, 0.05) is 36.2 Å². The van der Waals surface area contributed by atoms with Gasteiger partial charge < -0.3 is 14.9 Å². The molecule has 2 N–H and O–H groups in total. The van der Waals surface area contributed by atoms with Crippen LogP contribution < -0.4 is 4.74 Å². The second-order valence-corrected chi connectivity index (χ2v) is 6.38. The molecule has 0 amide bonds. The summed E-state index contributed by atoms with van der Waals surface area (Å²) >= 11 is 0. The summed E-state index contributed by atoms with van der Waals surface area (Å²) in [6.45, 7) is 1.18. The predicted molar refractivity (Wildman–Crippen MR) is 105 cm³/mol. The fourth-order valence-electron chi connectivity index (χ4n) is 3.06. The Morgan fingerprint density at radius 2 is 1.75 bits per heavy atom. The fraction of sp³-hybridized carbons (Fsp3) is 0.286. The molecule has 2 aromatic rings. The van der Waals surface area contributed by atoms with Gasteiger partial charge in [0.05, 0.1) is 7.11 Å². The second-order valence-electron chi connectivity index (χ2n) is 6.38. The van der Waals surface area contributed by atoms with E-state index in [1.807, 2.05) is 24.5 Å². The first-order valence-electron chi connectivity index (χ1n) is 8.84. The lowest BCUT2D eigenvalue weighted by molar-refractivity contribution is -0.134. The van der Waals surface area contributed by atoms with Crippen molar-refractivity contribution < 1.29 is 24.5 Å². The maximum absolute atomic E-state index is 9.55. The fourth-order valence-corrected chi connectivity index (χ4v) is 3.06. The summed E-state index contributed by atoms with van der Waals surface area (Å²) in [6, 6.07) is 10.9. The summed E-state index contributed by atoms with van der Waals surface area (Å²) in [5.41, 5.74) is 3.67. The van der Waals surface area contributed by atoms with Gasteiger partial charge in [0.1, 0.15) is 5.75 Å². The van der Waals surface area contributed by atoms with Crippen molar-refractivity contribution in [2.24, 2.45) is 0 Å². The largest absolute Gasteiger partial charge is 0.497 e. The van der Waals surface area contributed by atoms with Gasteiger partial charge in [-0.25, -0.2) is 9.59 Å². The molecule has 0 aliphatic carbocycles. The SMILES string of the molecule is COc1ccc(-c2cncc(C3CCCN3C)c2)cc1.O=C(O)C=CC(=O)O. The molecule has 0 bridgehead atoms. The summed E-state index contributed by atoms with van der Waals surface area (Å²) < 4.78 is 5.20. The van der Waals surface area contributed by atoms with Crippen molar-refractivity contribution in [1.29, 1.82) is 0 Å². The molecule has 1 aliphatic heterocycles. The number of rotatable bonds is 5. The molecule has 1 aromatic heterocycles. The minimum atomic E-state index is -1.26. The number of likely N-dealkylation sites (tertiary alicyclic amines) is 1. The van der Waals surface area contributed by atoms with Crippen molar-refractivity contribution in [3.8, 4) is 16.9 Å². The second kappa shape index (κ2) is 10.2. The van der Waals surface area contributed by atoms with Crippen LogP contribution in [0.2, 0.25) is 0 Å². The zero-order valence-electron chi connectivity index (χ0n) is 15.9. The molecule has 1 aliphatic rings. The quantitative estimate of drug-likeness (QED) is 0.763. The highest BCUT2D eigenvalue weighted by Gasteiger charge is 2.22. The number of ether oxygens (including phenoxy) is 1. The van der Waals surface area contributed by atoms with E-state index in [9.17, 15) is 9.59 Å². The molecule has 3 rings (SSSR count). The Kier molecular flexibility index (Phi) is 7.71. The molecule has 2 heterocycles. The zero-order valence-corrected chi connectivity index (χ0v) is 15.9. The van der Waals surface area contributed by atoms with Crippen LogP contribution in [-0.4, -0.2) is 52.7 Å². The molecular formula is C21H24N2O5. The molecule has 1 fully saturated rings. The van der Waals surface area contributed by atoms with Crippen LogP contribution in [0.1, 0.15) is 24.4 Å². The number of benzene rings is 1. The molecule has 7 heteroatoms. The lowest BCUT2D eigenvalue weighted by atomic mass is 10.0. The first kappa shape index (κ1) is 21.1. The standard InChI is InChI=1S/C17H20N2O.C4H4O4/c1-19-9-3-4-17(19)15-10-14(11-18-12-15)13-5-7-16(20-2)8-6-13;5-3(6)1-2-4(7)8/h5-8,10-12,17H,3-4,9H2,1-2H3;1-2H,(H,5,6)(H,7,8). The molecule has 1 unspecified atom stereocenters. The summed E-state index contributed by atoms with van der Waals surface area (Å²) in [5.74, 6) is -1.63. The predicted octanol–water partition coefficient (Wildman–Crippen LogP) is 3.24. The van der Waals surface area contributed by atoms with Gasteiger partial charge in [-0.2, -0.15) is 0 Å². The molecule has 0 radical (unpaired) electrons. The molecule has 0 saturated carbocycles. The van der Waals surface area contributed by atoms with E-state index in [-0.39, 0.29) is 0 Å². The van der Waals surface area contributed by atoms with E-state index in [4.69, 9.17) is 14.9 Å². The van der Waals surface area contributed by atoms with Crippen LogP contribution >= 0.6 is 0 Å².